The Bertz CT molecular complexity index is 265. The fourth-order valence-electron chi connectivity index (χ4n) is 3.65. The maximum absolute atomic E-state index is 10.7. The van der Waals surface area contributed by atoms with Gasteiger partial charge in [0.15, 0.2) is 0 Å². The van der Waals surface area contributed by atoms with E-state index in [0.717, 1.165) is 32.1 Å². The van der Waals surface area contributed by atoms with E-state index >= 15 is 0 Å². The zero-order chi connectivity index (χ0) is 12.4. The van der Waals surface area contributed by atoms with Crippen LogP contribution >= 0.6 is 0 Å². The van der Waals surface area contributed by atoms with Crippen molar-refractivity contribution in [1.29, 1.82) is 0 Å². The Kier molecular flexibility index (Phi) is 3.31. The third-order valence-electron chi connectivity index (χ3n) is 3.33. The highest BCUT2D eigenvalue weighted by atomic mass is 16.1. The summed E-state index contributed by atoms with van der Waals surface area (Å²) < 4.78 is 0. The number of amides is 2. The van der Waals surface area contributed by atoms with Crippen LogP contribution in [-0.2, 0) is 9.59 Å². The largest absolute Gasteiger partial charge is 0.353 e. The molecule has 1 rings (SSSR count). The van der Waals surface area contributed by atoms with Gasteiger partial charge in [-0.3, -0.25) is 9.59 Å². The van der Waals surface area contributed by atoms with Gasteiger partial charge in [-0.05, 0) is 38.5 Å². The van der Waals surface area contributed by atoms with Crippen molar-refractivity contribution in [3.8, 4) is 0 Å². The third-order valence-corrected chi connectivity index (χ3v) is 3.33. The monoisotopic (exact) mass is 226 g/mol. The van der Waals surface area contributed by atoms with Crippen LogP contribution < -0.4 is 10.6 Å². The van der Waals surface area contributed by atoms with Crippen LogP contribution in [0.5, 0.6) is 0 Å². The van der Waals surface area contributed by atoms with Crippen LogP contribution in [0.2, 0.25) is 0 Å². The van der Waals surface area contributed by atoms with E-state index in [1.807, 2.05) is 13.8 Å². The summed E-state index contributed by atoms with van der Waals surface area (Å²) in [5.74, 6) is 0. The standard InChI is InChI=1S/C12H22N2O2/c1-10(2)5-11(3,13-8-15)7-12(4,6-10)14-9-16/h8-9H,5-7H2,1-4H3,(H,13,15)(H,14,16). The minimum Gasteiger partial charge on any atom is -0.353 e. The van der Waals surface area contributed by atoms with Crippen molar-refractivity contribution < 1.29 is 9.59 Å². The summed E-state index contributed by atoms with van der Waals surface area (Å²) in [6, 6.07) is 0. The summed E-state index contributed by atoms with van der Waals surface area (Å²) in [5.41, 5.74) is -0.379. The number of rotatable bonds is 4. The molecule has 0 aromatic heterocycles. The highest BCUT2D eigenvalue weighted by Gasteiger charge is 2.46. The van der Waals surface area contributed by atoms with Crippen LogP contribution in [0.3, 0.4) is 0 Å². The lowest BCUT2D eigenvalue weighted by Crippen LogP contribution is -2.60. The van der Waals surface area contributed by atoms with E-state index in [1.165, 1.54) is 0 Å². The van der Waals surface area contributed by atoms with Gasteiger partial charge in [-0.25, -0.2) is 0 Å². The van der Waals surface area contributed by atoms with Crippen LogP contribution in [0.15, 0.2) is 0 Å². The smallest absolute Gasteiger partial charge is 0.207 e. The molecule has 0 aromatic carbocycles. The summed E-state index contributed by atoms with van der Waals surface area (Å²) in [5, 5.41) is 5.79. The molecule has 2 unspecified atom stereocenters. The van der Waals surface area contributed by atoms with Crippen molar-refractivity contribution in [2.75, 3.05) is 0 Å². The molecule has 0 spiro atoms. The van der Waals surface area contributed by atoms with Gasteiger partial charge in [0.1, 0.15) is 0 Å². The first kappa shape index (κ1) is 13.0. The zero-order valence-electron chi connectivity index (χ0n) is 10.6. The first-order valence-electron chi connectivity index (χ1n) is 5.67. The summed E-state index contributed by atoms with van der Waals surface area (Å²) in [7, 11) is 0. The lowest BCUT2D eigenvalue weighted by Gasteiger charge is -2.51. The minimum absolute atomic E-state index is 0.105. The van der Waals surface area contributed by atoms with Crippen LogP contribution in [0.4, 0.5) is 0 Å². The van der Waals surface area contributed by atoms with Crippen molar-refractivity contribution in [1.82, 2.24) is 10.6 Å². The molecule has 0 bridgehead atoms. The first-order valence-corrected chi connectivity index (χ1v) is 5.67. The number of nitrogens with one attached hydrogen (secondary N) is 2. The Morgan fingerprint density at radius 2 is 1.19 bits per heavy atom. The Morgan fingerprint density at radius 3 is 1.50 bits per heavy atom. The molecule has 0 heterocycles. The molecule has 0 saturated heterocycles. The van der Waals surface area contributed by atoms with E-state index in [1.54, 1.807) is 0 Å². The molecule has 4 heteroatoms. The average molecular weight is 226 g/mol. The second-order valence-electron chi connectivity index (χ2n) is 6.34. The molecule has 0 radical (unpaired) electrons. The molecule has 16 heavy (non-hydrogen) atoms. The Hall–Kier alpha value is -1.06. The number of hydrogen-bond donors (Lipinski definition) is 2. The first-order chi connectivity index (χ1) is 7.24. The van der Waals surface area contributed by atoms with E-state index in [0.29, 0.717) is 0 Å². The average Bonchev–Trinajstić information content (AvgIpc) is 1.97. The van der Waals surface area contributed by atoms with E-state index in [2.05, 4.69) is 24.5 Å². The van der Waals surface area contributed by atoms with Gasteiger partial charge in [0, 0.05) is 11.1 Å². The molecule has 1 fully saturated rings. The van der Waals surface area contributed by atoms with Crippen LogP contribution in [0.1, 0.15) is 47.0 Å². The normalized spacial score (nSPS) is 37.5. The van der Waals surface area contributed by atoms with Crippen molar-refractivity contribution >= 4 is 12.8 Å². The van der Waals surface area contributed by atoms with Gasteiger partial charge < -0.3 is 10.6 Å². The molecule has 1 saturated carbocycles. The van der Waals surface area contributed by atoms with Crippen molar-refractivity contribution in [3.63, 3.8) is 0 Å². The van der Waals surface area contributed by atoms with Gasteiger partial charge in [-0.15, -0.1) is 0 Å². The highest BCUT2D eigenvalue weighted by molar-refractivity contribution is 5.50. The molecular formula is C12H22N2O2. The lowest BCUT2D eigenvalue weighted by atomic mass is 9.62. The van der Waals surface area contributed by atoms with Crippen LogP contribution in [-0.4, -0.2) is 23.9 Å². The van der Waals surface area contributed by atoms with Gasteiger partial charge in [-0.2, -0.15) is 0 Å². The predicted molar refractivity (Wildman–Crippen MR) is 62.8 cm³/mol. The Morgan fingerprint density at radius 1 is 0.812 bits per heavy atom. The molecule has 2 atom stereocenters. The van der Waals surface area contributed by atoms with Crippen LogP contribution in [0.25, 0.3) is 0 Å². The van der Waals surface area contributed by atoms with Gasteiger partial charge >= 0.3 is 0 Å². The Balaban J connectivity index is 2.92. The summed E-state index contributed by atoms with van der Waals surface area (Å²) in [4.78, 5) is 21.3. The van der Waals surface area contributed by atoms with Gasteiger partial charge in [0.2, 0.25) is 12.8 Å². The molecule has 2 N–H and O–H groups in total. The fourth-order valence-corrected chi connectivity index (χ4v) is 3.65. The van der Waals surface area contributed by atoms with E-state index in [9.17, 15) is 9.59 Å². The van der Waals surface area contributed by atoms with E-state index in [-0.39, 0.29) is 16.5 Å². The zero-order valence-corrected chi connectivity index (χ0v) is 10.6. The Labute approximate surface area is 97.2 Å². The molecule has 1 aliphatic rings. The quantitative estimate of drug-likeness (QED) is 0.708. The number of carbonyl (C=O) groups excluding carboxylic acids is 2. The molecule has 4 nitrogen and oxygen atoms in total. The second-order valence-corrected chi connectivity index (χ2v) is 6.34. The maximum atomic E-state index is 10.7. The molecule has 0 aliphatic heterocycles. The van der Waals surface area contributed by atoms with Crippen molar-refractivity contribution in [3.05, 3.63) is 0 Å². The van der Waals surface area contributed by atoms with E-state index < -0.39 is 0 Å². The number of carbonyl (C=O) groups is 2. The fraction of sp³-hybridized carbons (Fsp3) is 0.833. The second kappa shape index (κ2) is 4.07. The molecule has 92 valence electrons. The molecule has 0 aromatic rings. The maximum Gasteiger partial charge on any atom is 0.207 e. The summed E-state index contributed by atoms with van der Waals surface area (Å²) >= 11 is 0. The van der Waals surface area contributed by atoms with Gasteiger partial charge in [0.25, 0.3) is 0 Å². The van der Waals surface area contributed by atoms with Crippen molar-refractivity contribution in [2.45, 2.75) is 58.0 Å². The predicted octanol–water partition coefficient (Wildman–Crippen LogP) is 1.21. The molecule has 1 aliphatic carbocycles. The minimum atomic E-state index is -0.242. The van der Waals surface area contributed by atoms with Gasteiger partial charge in [-0.1, -0.05) is 13.8 Å². The topological polar surface area (TPSA) is 58.2 Å². The lowest BCUT2D eigenvalue weighted by molar-refractivity contribution is -0.113. The molecule has 2 amide bonds. The third kappa shape index (κ3) is 2.97. The number of hydrogen-bond acceptors (Lipinski definition) is 2. The van der Waals surface area contributed by atoms with Crippen molar-refractivity contribution in [2.24, 2.45) is 5.41 Å². The highest BCUT2D eigenvalue weighted by Crippen LogP contribution is 2.45. The summed E-state index contributed by atoms with van der Waals surface area (Å²) in [6.07, 6.45) is 4.12. The molecular weight excluding hydrogens is 204 g/mol. The SMILES string of the molecule is CC1(C)CC(C)(NC=O)CC(C)(NC=O)C1. The summed E-state index contributed by atoms with van der Waals surface area (Å²) in [6.45, 7) is 8.41. The van der Waals surface area contributed by atoms with E-state index in [4.69, 9.17) is 0 Å². The van der Waals surface area contributed by atoms with Crippen LogP contribution in [0, 0.1) is 5.41 Å². The van der Waals surface area contributed by atoms with Gasteiger partial charge in [0.05, 0.1) is 0 Å².